The molecule has 0 spiro atoms. The lowest BCUT2D eigenvalue weighted by Crippen LogP contribution is -2.58. The lowest BCUT2D eigenvalue weighted by molar-refractivity contribution is -0.137. The highest BCUT2D eigenvalue weighted by Crippen LogP contribution is 2.32. The fourth-order valence-corrected chi connectivity index (χ4v) is 2.98. The average Bonchev–Trinajstić information content (AvgIpc) is 2.89. The van der Waals surface area contributed by atoms with Gasteiger partial charge < -0.3 is 10.2 Å². The first-order chi connectivity index (χ1) is 12.5. The second kappa shape index (κ2) is 6.66. The Morgan fingerprint density at radius 3 is 2.44 bits per heavy atom. The Morgan fingerprint density at radius 1 is 1.11 bits per heavy atom. The van der Waals surface area contributed by atoms with E-state index in [9.17, 15) is 17.6 Å². The Balaban J connectivity index is 1.83. The summed E-state index contributed by atoms with van der Waals surface area (Å²) in [6, 6.07) is 2.29. The Morgan fingerprint density at radius 2 is 1.81 bits per heavy atom. The molecule has 0 atom stereocenters. The summed E-state index contributed by atoms with van der Waals surface area (Å²) in [5.41, 5.74) is -1.16. The van der Waals surface area contributed by atoms with E-state index >= 15 is 0 Å². The number of aryl methyl sites for hydroxylation is 1. The van der Waals surface area contributed by atoms with Gasteiger partial charge in [-0.25, -0.2) is 9.07 Å². The second-order valence-corrected chi connectivity index (χ2v) is 7.37. The number of nitrogens with one attached hydrogen (secondary N) is 1. The highest BCUT2D eigenvalue weighted by Gasteiger charge is 2.33. The number of likely N-dealkylation sites (N-methyl/N-ethyl adjacent to an activating group) is 1. The maximum Gasteiger partial charge on any atom is 0.416 e. The predicted octanol–water partition coefficient (Wildman–Crippen LogP) is 3.25. The second-order valence-electron chi connectivity index (χ2n) is 7.37. The average molecular weight is 386 g/mol. The number of halogens is 4. The molecular formula is C17H22F4N6. The minimum Gasteiger partial charge on any atom is -0.336 e. The van der Waals surface area contributed by atoms with Gasteiger partial charge in [0.2, 0.25) is 11.9 Å². The summed E-state index contributed by atoms with van der Waals surface area (Å²) in [6.45, 7) is 6.53. The van der Waals surface area contributed by atoms with Gasteiger partial charge in [-0.1, -0.05) is 0 Å². The molecule has 3 rings (SSSR count). The van der Waals surface area contributed by atoms with E-state index < -0.39 is 17.6 Å². The molecule has 148 valence electrons. The van der Waals surface area contributed by atoms with Crippen molar-refractivity contribution in [3.8, 4) is 0 Å². The molecule has 0 aliphatic carbocycles. The molecule has 2 heterocycles. The molecule has 6 nitrogen and oxygen atoms in total. The monoisotopic (exact) mass is 386 g/mol. The van der Waals surface area contributed by atoms with Crippen LogP contribution in [0.5, 0.6) is 0 Å². The third kappa shape index (κ3) is 4.15. The molecule has 1 fully saturated rings. The van der Waals surface area contributed by atoms with E-state index in [1.807, 2.05) is 4.90 Å². The summed E-state index contributed by atoms with van der Waals surface area (Å²) in [5.74, 6) is -0.260. The number of piperazine rings is 1. The van der Waals surface area contributed by atoms with Crippen molar-refractivity contribution in [2.45, 2.75) is 25.6 Å². The van der Waals surface area contributed by atoms with E-state index in [1.165, 1.54) is 4.68 Å². The van der Waals surface area contributed by atoms with Crippen LogP contribution in [0.1, 0.15) is 19.4 Å². The number of hydrogen-bond acceptors (Lipinski definition) is 5. The highest BCUT2D eigenvalue weighted by molar-refractivity contribution is 5.56. The summed E-state index contributed by atoms with van der Waals surface area (Å²) in [6.07, 6.45) is -4.63. The number of benzene rings is 1. The zero-order valence-electron chi connectivity index (χ0n) is 15.6. The van der Waals surface area contributed by atoms with Crippen molar-refractivity contribution in [3.05, 3.63) is 29.6 Å². The minimum atomic E-state index is -4.63. The minimum absolute atomic E-state index is 0.0388. The van der Waals surface area contributed by atoms with Crippen molar-refractivity contribution in [2.24, 2.45) is 7.05 Å². The molecule has 1 aliphatic rings. The van der Waals surface area contributed by atoms with Crippen molar-refractivity contribution < 1.29 is 17.6 Å². The van der Waals surface area contributed by atoms with E-state index in [0.29, 0.717) is 18.6 Å². The largest absolute Gasteiger partial charge is 0.416 e. The van der Waals surface area contributed by atoms with Crippen LogP contribution in [-0.2, 0) is 13.2 Å². The van der Waals surface area contributed by atoms with Gasteiger partial charge in [0.05, 0.1) is 5.56 Å². The lowest BCUT2D eigenvalue weighted by atomic mass is 10.0. The van der Waals surface area contributed by atoms with Crippen LogP contribution in [0.25, 0.3) is 0 Å². The Kier molecular flexibility index (Phi) is 4.79. The van der Waals surface area contributed by atoms with E-state index in [1.54, 1.807) is 7.05 Å². The Labute approximate surface area is 154 Å². The van der Waals surface area contributed by atoms with Crippen molar-refractivity contribution in [3.63, 3.8) is 0 Å². The molecule has 0 bridgehead atoms. The van der Waals surface area contributed by atoms with Crippen molar-refractivity contribution in [2.75, 3.05) is 36.9 Å². The Hall–Kier alpha value is -2.36. The van der Waals surface area contributed by atoms with Crippen LogP contribution in [0.2, 0.25) is 0 Å². The first-order valence-electron chi connectivity index (χ1n) is 8.48. The lowest BCUT2D eigenvalue weighted by Gasteiger charge is -2.44. The molecule has 1 aliphatic heterocycles. The fraction of sp³-hybridized carbons (Fsp3) is 0.529. The standard InChI is InChI=1S/C17H22F4N6/c1-16(2)10-27(6-5-25(16)3)15-23-14(26(4)24-15)22-13-8-11(17(19,20)21)7-12(18)9-13/h7-9H,5-6,10H2,1-4H3,(H,22,23,24). The van der Waals surface area contributed by atoms with Crippen LogP contribution in [0, 0.1) is 5.82 Å². The van der Waals surface area contributed by atoms with Crippen LogP contribution < -0.4 is 10.2 Å². The molecule has 0 amide bonds. The van der Waals surface area contributed by atoms with Crippen LogP contribution in [0.3, 0.4) is 0 Å². The van der Waals surface area contributed by atoms with Gasteiger partial charge in [-0.15, -0.1) is 5.10 Å². The molecule has 0 radical (unpaired) electrons. The molecule has 1 N–H and O–H groups in total. The van der Waals surface area contributed by atoms with Gasteiger partial charge in [0.25, 0.3) is 0 Å². The zero-order chi connectivity index (χ0) is 20.0. The fourth-order valence-electron chi connectivity index (χ4n) is 2.98. The first kappa shape index (κ1) is 19.4. The summed E-state index contributed by atoms with van der Waals surface area (Å²) in [4.78, 5) is 8.66. The van der Waals surface area contributed by atoms with Crippen LogP contribution in [-0.4, -0.2) is 51.9 Å². The molecule has 0 unspecified atom stereocenters. The van der Waals surface area contributed by atoms with Crippen LogP contribution in [0.4, 0.5) is 35.1 Å². The number of rotatable bonds is 3. The normalized spacial score (nSPS) is 18.0. The summed E-state index contributed by atoms with van der Waals surface area (Å²) in [7, 11) is 3.68. The van der Waals surface area contributed by atoms with Gasteiger partial charge in [0.15, 0.2) is 0 Å². The predicted molar refractivity (Wildman–Crippen MR) is 94.6 cm³/mol. The zero-order valence-corrected chi connectivity index (χ0v) is 15.6. The SMILES string of the molecule is CN1CCN(c2nc(Nc3cc(F)cc(C(F)(F)F)c3)n(C)n2)CC1(C)C. The third-order valence-electron chi connectivity index (χ3n) is 4.83. The van der Waals surface area contributed by atoms with E-state index in [0.717, 1.165) is 25.2 Å². The first-order valence-corrected chi connectivity index (χ1v) is 8.48. The number of hydrogen-bond donors (Lipinski definition) is 1. The molecule has 27 heavy (non-hydrogen) atoms. The van der Waals surface area contributed by atoms with Crippen molar-refractivity contribution in [1.29, 1.82) is 0 Å². The maximum atomic E-state index is 13.6. The van der Waals surface area contributed by atoms with Gasteiger partial charge in [0, 0.05) is 37.9 Å². The topological polar surface area (TPSA) is 49.2 Å². The Bertz CT molecular complexity index is 829. The summed E-state index contributed by atoms with van der Waals surface area (Å²) in [5, 5.41) is 7.08. The van der Waals surface area contributed by atoms with Gasteiger partial charge in [-0.3, -0.25) is 4.90 Å². The van der Waals surface area contributed by atoms with Gasteiger partial charge in [-0.05, 0) is 39.1 Å². The third-order valence-corrected chi connectivity index (χ3v) is 4.83. The number of anilines is 3. The quantitative estimate of drug-likeness (QED) is 0.821. The van der Waals surface area contributed by atoms with Gasteiger partial charge >= 0.3 is 6.18 Å². The number of nitrogens with zero attached hydrogens (tertiary/aromatic N) is 5. The summed E-state index contributed by atoms with van der Waals surface area (Å²) < 4.78 is 53.7. The summed E-state index contributed by atoms with van der Waals surface area (Å²) >= 11 is 0. The highest BCUT2D eigenvalue weighted by atomic mass is 19.4. The molecule has 1 saturated heterocycles. The smallest absolute Gasteiger partial charge is 0.336 e. The van der Waals surface area contributed by atoms with Crippen LogP contribution >= 0.6 is 0 Å². The molecule has 1 aromatic heterocycles. The van der Waals surface area contributed by atoms with E-state index in [-0.39, 0.29) is 17.2 Å². The maximum absolute atomic E-state index is 13.6. The van der Waals surface area contributed by atoms with Gasteiger partial charge in [-0.2, -0.15) is 18.2 Å². The van der Waals surface area contributed by atoms with Gasteiger partial charge in [0.1, 0.15) is 5.82 Å². The van der Waals surface area contributed by atoms with E-state index in [2.05, 4.69) is 41.2 Å². The molecule has 1 aromatic carbocycles. The van der Waals surface area contributed by atoms with Crippen LogP contribution in [0.15, 0.2) is 18.2 Å². The number of aromatic nitrogens is 3. The molecular weight excluding hydrogens is 364 g/mol. The van der Waals surface area contributed by atoms with E-state index in [4.69, 9.17) is 0 Å². The number of alkyl halides is 3. The molecule has 2 aromatic rings. The van der Waals surface area contributed by atoms with Crippen molar-refractivity contribution in [1.82, 2.24) is 19.7 Å². The van der Waals surface area contributed by atoms with Crippen molar-refractivity contribution >= 4 is 17.6 Å². The molecule has 10 heteroatoms. The molecule has 0 saturated carbocycles.